The van der Waals surface area contributed by atoms with Gasteiger partial charge in [0.1, 0.15) is 6.61 Å². The molecule has 0 aromatic heterocycles. The zero-order valence-corrected chi connectivity index (χ0v) is 17.5. The zero-order chi connectivity index (χ0) is 23.4. The third-order valence-electron chi connectivity index (χ3n) is 5.55. The van der Waals surface area contributed by atoms with Crippen molar-refractivity contribution in [2.75, 3.05) is 6.61 Å². The number of aliphatic hydroxyl groups is 1. The molecule has 0 spiro atoms. The maximum absolute atomic E-state index is 12.4. The standard InChI is InChI=1S/C24H22N2O7/c27-23(28)24(29,17-9-5-2-6-10-17)22(25-14-16-7-3-1-4-8-16)21-15-32-19-12-11-18(26(30)31)13-20(19)33-21/h1-13,21-22,25,29H,14-15H2,(H,27,28)/t21-,22?,24?/m1/s1. The van der Waals surface area contributed by atoms with Gasteiger partial charge >= 0.3 is 5.97 Å². The summed E-state index contributed by atoms with van der Waals surface area (Å²) in [6.07, 6.45) is -0.968. The monoisotopic (exact) mass is 450 g/mol. The number of nitrogens with zero attached hydrogens (tertiary/aromatic N) is 1. The molecular formula is C24H22N2O7. The van der Waals surface area contributed by atoms with E-state index in [0.29, 0.717) is 5.75 Å². The van der Waals surface area contributed by atoms with Gasteiger partial charge in [-0.1, -0.05) is 60.7 Å². The highest BCUT2D eigenvalue weighted by Gasteiger charge is 2.51. The summed E-state index contributed by atoms with van der Waals surface area (Å²) < 4.78 is 11.7. The SMILES string of the molecule is O=C(O)C(O)(c1ccccc1)C(NCc1ccccc1)[C@H]1COc2ccc([N+](=O)[O-])cc2O1. The molecule has 3 aromatic rings. The largest absolute Gasteiger partial charge is 0.486 e. The summed E-state index contributed by atoms with van der Waals surface area (Å²) in [4.78, 5) is 23.0. The first kappa shape index (κ1) is 22.3. The molecule has 0 fully saturated rings. The number of carbonyl (C=O) groups is 1. The van der Waals surface area contributed by atoms with Crippen LogP contribution in [-0.4, -0.2) is 39.9 Å². The fraction of sp³-hybridized carbons (Fsp3) is 0.208. The highest BCUT2D eigenvalue weighted by molar-refractivity contribution is 5.80. The van der Waals surface area contributed by atoms with E-state index >= 15 is 0 Å². The van der Waals surface area contributed by atoms with E-state index in [9.17, 15) is 25.1 Å². The van der Waals surface area contributed by atoms with E-state index in [2.05, 4.69) is 5.32 Å². The summed E-state index contributed by atoms with van der Waals surface area (Å²) in [6, 6.07) is 20.1. The summed E-state index contributed by atoms with van der Waals surface area (Å²) in [5.41, 5.74) is -1.53. The van der Waals surface area contributed by atoms with Gasteiger partial charge in [0.2, 0.25) is 5.60 Å². The van der Waals surface area contributed by atoms with Crippen LogP contribution >= 0.6 is 0 Å². The van der Waals surface area contributed by atoms with E-state index < -0.39 is 28.6 Å². The molecule has 9 nitrogen and oxygen atoms in total. The zero-order valence-electron chi connectivity index (χ0n) is 17.5. The number of carboxylic acids is 1. The minimum atomic E-state index is -2.37. The number of nitro benzene ring substituents is 1. The van der Waals surface area contributed by atoms with Gasteiger partial charge in [-0.05, 0) is 17.2 Å². The van der Waals surface area contributed by atoms with E-state index in [-0.39, 0.29) is 30.2 Å². The highest BCUT2D eigenvalue weighted by Crippen LogP contribution is 2.38. The third-order valence-corrected chi connectivity index (χ3v) is 5.55. The Morgan fingerprint density at radius 3 is 2.39 bits per heavy atom. The molecule has 1 aliphatic rings. The Labute approximate surface area is 189 Å². The lowest BCUT2D eigenvalue weighted by atomic mass is 9.83. The van der Waals surface area contributed by atoms with Crippen LogP contribution in [0.3, 0.4) is 0 Å². The summed E-state index contributed by atoms with van der Waals surface area (Å²) >= 11 is 0. The Bertz CT molecular complexity index is 1140. The first-order chi connectivity index (χ1) is 15.9. The first-order valence-corrected chi connectivity index (χ1v) is 10.3. The first-order valence-electron chi connectivity index (χ1n) is 10.3. The number of ether oxygens (including phenoxy) is 2. The van der Waals surface area contributed by atoms with Crippen molar-refractivity contribution in [3.63, 3.8) is 0 Å². The number of rotatable bonds is 8. The van der Waals surface area contributed by atoms with E-state index in [1.807, 2.05) is 30.3 Å². The maximum atomic E-state index is 12.4. The lowest BCUT2D eigenvalue weighted by Gasteiger charge is -2.40. The normalized spacial score (nSPS) is 17.5. The van der Waals surface area contributed by atoms with Gasteiger partial charge in [-0.15, -0.1) is 0 Å². The summed E-state index contributed by atoms with van der Waals surface area (Å²) in [5, 5.41) is 36.0. The number of carboxylic acid groups (broad SMARTS) is 1. The number of nitrogens with one attached hydrogen (secondary N) is 1. The predicted molar refractivity (Wildman–Crippen MR) is 118 cm³/mol. The average molecular weight is 450 g/mol. The predicted octanol–water partition coefficient (Wildman–Crippen LogP) is 2.87. The Morgan fingerprint density at radius 1 is 1.09 bits per heavy atom. The van der Waals surface area contributed by atoms with Crippen molar-refractivity contribution >= 4 is 11.7 Å². The smallest absolute Gasteiger partial charge is 0.342 e. The van der Waals surface area contributed by atoms with Crippen LogP contribution in [0.1, 0.15) is 11.1 Å². The van der Waals surface area contributed by atoms with Gasteiger partial charge in [0, 0.05) is 12.6 Å². The summed E-state index contributed by atoms with van der Waals surface area (Å²) in [7, 11) is 0. The van der Waals surface area contributed by atoms with Gasteiger partial charge in [0.25, 0.3) is 5.69 Å². The number of benzene rings is 3. The number of nitro groups is 1. The quantitative estimate of drug-likeness (QED) is 0.353. The maximum Gasteiger partial charge on any atom is 0.342 e. The van der Waals surface area contributed by atoms with Crippen molar-refractivity contribution in [2.24, 2.45) is 0 Å². The van der Waals surface area contributed by atoms with Gasteiger partial charge in [-0.3, -0.25) is 10.1 Å². The molecule has 0 saturated carbocycles. The van der Waals surface area contributed by atoms with Crippen LogP contribution in [0.2, 0.25) is 0 Å². The minimum Gasteiger partial charge on any atom is -0.486 e. The van der Waals surface area contributed by atoms with E-state index in [1.165, 1.54) is 30.3 Å². The number of hydrogen-bond donors (Lipinski definition) is 3. The molecule has 0 aliphatic carbocycles. The second kappa shape index (κ2) is 9.27. The molecule has 3 aromatic carbocycles. The molecule has 9 heteroatoms. The van der Waals surface area contributed by atoms with Crippen molar-refractivity contribution in [1.82, 2.24) is 5.32 Å². The van der Waals surface area contributed by atoms with Crippen LogP contribution in [0.25, 0.3) is 0 Å². The Kier molecular flexibility index (Phi) is 6.25. The van der Waals surface area contributed by atoms with Crippen molar-refractivity contribution in [3.8, 4) is 11.5 Å². The molecule has 3 atom stereocenters. The molecule has 1 heterocycles. The van der Waals surface area contributed by atoms with E-state index in [1.54, 1.807) is 18.2 Å². The molecule has 170 valence electrons. The van der Waals surface area contributed by atoms with Crippen LogP contribution in [-0.2, 0) is 16.9 Å². The van der Waals surface area contributed by atoms with Crippen molar-refractivity contribution < 1.29 is 29.4 Å². The topological polar surface area (TPSA) is 131 Å². The van der Waals surface area contributed by atoms with Gasteiger partial charge < -0.3 is 25.0 Å². The van der Waals surface area contributed by atoms with Crippen LogP contribution < -0.4 is 14.8 Å². The molecule has 1 aliphatic heterocycles. The molecule has 0 radical (unpaired) electrons. The number of fused-ring (bicyclic) bond motifs is 1. The molecular weight excluding hydrogens is 428 g/mol. The second-order valence-corrected chi connectivity index (χ2v) is 7.64. The molecule has 33 heavy (non-hydrogen) atoms. The van der Waals surface area contributed by atoms with Crippen LogP contribution in [0, 0.1) is 10.1 Å². The Hall–Kier alpha value is -3.95. The Balaban J connectivity index is 1.71. The van der Waals surface area contributed by atoms with Crippen LogP contribution in [0.5, 0.6) is 11.5 Å². The average Bonchev–Trinajstić information content (AvgIpc) is 2.84. The molecule has 0 amide bonds. The van der Waals surface area contributed by atoms with Crippen molar-refractivity contribution in [1.29, 1.82) is 0 Å². The van der Waals surface area contributed by atoms with Gasteiger partial charge in [-0.25, -0.2) is 4.79 Å². The van der Waals surface area contributed by atoms with Crippen LogP contribution in [0.4, 0.5) is 5.69 Å². The molecule has 3 N–H and O–H groups in total. The van der Waals surface area contributed by atoms with Crippen molar-refractivity contribution in [2.45, 2.75) is 24.3 Å². The highest BCUT2D eigenvalue weighted by atomic mass is 16.6. The number of hydrogen-bond acceptors (Lipinski definition) is 7. The van der Waals surface area contributed by atoms with Crippen molar-refractivity contribution in [3.05, 3.63) is 100 Å². The minimum absolute atomic E-state index is 0.0698. The molecule has 0 bridgehead atoms. The van der Waals surface area contributed by atoms with E-state index in [0.717, 1.165) is 5.56 Å². The van der Waals surface area contributed by atoms with E-state index in [4.69, 9.17) is 9.47 Å². The number of non-ortho nitro benzene ring substituents is 1. The fourth-order valence-corrected chi connectivity index (χ4v) is 3.86. The van der Waals surface area contributed by atoms with Gasteiger partial charge in [-0.2, -0.15) is 0 Å². The van der Waals surface area contributed by atoms with Gasteiger partial charge in [0.15, 0.2) is 17.6 Å². The van der Waals surface area contributed by atoms with Crippen LogP contribution in [0.15, 0.2) is 78.9 Å². The van der Waals surface area contributed by atoms with Gasteiger partial charge in [0.05, 0.1) is 17.0 Å². The lowest BCUT2D eigenvalue weighted by molar-refractivity contribution is -0.385. The Morgan fingerprint density at radius 2 is 1.76 bits per heavy atom. The molecule has 4 rings (SSSR count). The molecule has 0 saturated heterocycles. The summed E-state index contributed by atoms with van der Waals surface area (Å²) in [6.45, 7) is 0.176. The molecule has 2 unspecified atom stereocenters. The lowest BCUT2D eigenvalue weighted by Crippen LogP contribution is -2.62. The number of aliphatic carboxylic acids is 1. The third kappa shape index (κ3) is 4.50. The second-order valence-electron chi connectivity index (χ2n) is 7.64. The fourth-order valence-electron chi connectivity index (χ4n) is 3.86. The summed E-state index contributed by atoms with van der Waals surface area (Å²) in [5.74, 6) is -1.06.